The zero-order chi connectivity index (χ0) is 19.3. The highest BCUT2D eigenvalue weighted by atomic mass is 16.5. The van der Waals surface area contributed by atoms with Crippen molar-refractivity contribution >= 4 is 12.3 Å². The van der Waals surface area contributed by atoms with Gasteiger partial charge in [-0.1, -0.05) is 26.3 Å². The quantitative estimate of drug-likeness (QED) is 0.458. The lowest BCUT2D eigenvalue weighted by molar-refractivity contribution is -0.154. The van der Waals surface area contributed by atoms with E-state index in [2.05, 4.69) is 13.8 Å². The number of fused-ring (bicyclic) bond motifs is 3. The molecule has 5 atom stereocenters. The van der Waals surface area contributed by atoms with E-state index in [0.717, 1.165) is 18.4 Å². The van der Waals surface area contributed by atoms with Crippen LogP contribution in [0.2, 0.25) is 0 Å². The lowest BCUT2D eigenvalue weighted by Crippen LogP contribution is -2.50. The van der Waals surface area contributed by atoms with Gasteiger partial charge in [-0.2, -0.15) is 0 Å². The maximum absolute atomic E-state index is 12.8. The molecule has 0 amide bonds. The van der Waals surface area contributed by atoms with Gasteiger partial charge in [0.2, 0.25) is 0 Å². The van der Waals surface area contributed by atoms with Crippen LogP contribution in [0.3, 0.4) is 0 Å². The van der Waals surface area contributed by atoms with E-state index in [1.54, 1.807) is 0 Å². The van der Waals surface area contributed by atoms with Gasteiger partial charge in [-0.25, -0.2) is 0 Å². The molecule has 0 bridgehead atoms. The molecule has 0 saturated heterocycles. The van der Waals surface area contributed by atoms with Gasteiger partial charge in [0, 0.05) is 11.0 Å². The van der Waals surface area contributed by atoms with Crippen molar-refractivity contribution in [2.24, 2.45) is 22.7 Å². The third-order valence-corrected chi connectivity index (χ3v) is 7.20. The Balaban J connectivity index is 2.18. The number of aldehydes is 1. The smallest absolute Gasteiger partial charge is 0.315 e. The Morgan fingerprint density at radius 1 is 1.31 bits per heavy atom. The number of methoxy groups -OCH3 is 1. The largest absolute Gasteiger partial charge is 0.468 e. The van der Waals surface area contributed by atoms with Crippen LogP contribution in [0.15, 0.2) is 22.8 Å². The predicted octanol–water partition coefficient (Wildman–Crippen LogP) is 2.56. The summed E-state index contributed by atoms with van der Waals surface area (Å²) in [7, 11) is 1.43. The van der Waals surface area contributed by atoms with E-state index in [1.165, 1.54) is 18.8 Å². The van der Waals surface area contributed by atoms with Crippen molar-refractivity contribution in [3.63, 3.8) is 0 Å². The van der Waals surface area contributed by atoms with Crippen LogP contribution in [0.4, 0.5) is 0 Å². The molecule has 0 spiro atoms. The van der Waals surface area contributed by atoms with Gasteiger partial charge in [-0.3, -0.25) is 9.59 Å². The minimum Gasteiger partial charge on any atom is -0.468 e. The Labute approximate surface area is 155 Å². The van der Waals surface area contributed by atoms with E-state index in [9.17, 15) is 19.8 Å². The van der Waals surface area contributed by atoms with Crippen LogP contribution in [0, 0.1) is 22.7 Å². The first-order valence-electron chi connectivity index (χ1n) is 9.56. The van der Waals surface area contributed by atoms with Crippen molar-refractivity contribution in [2.45, 2.75) is 65.1 Å². The number of aliphatic hydroxyl groups excluding tert-OH is 2. The zero-order valence-corrected chi connectivity index (χ0v) is 16.1. The fourth-order valence-electron chi connectivity index (χ4n) is 5.54. The summed E-state index contributed by atoms with van der Waals surface area (Å²) in [5, 5.41) is 21.5. The normalized spacial score (nSPS) is 39.8. The van der Waals surface area contributed by atoms with E-state index in [4.69, 9.17) is 4.74 Å². The Morgan fingerprint density at radius 2 is 2.00 bits per heavy atom. The Bertz CT molecular complexity index is 676. The second-order valence-electron chi connectivity index (χ2n) is 8.71. The molecule has 1 saturated carbocycles. The second kappa shape index (κ2) is 6.61. The lowest BCUT2D eigenvalue weighted by Gasteiger charge is -2.51. The van der Waals surface area contributed by atoms with Gasteiger partial charge in [-0.15, -0.1) is 0 Å². The summed E-state index contributed by atoms with van der Waals surface area (Å²) in [6.07, 6.45) is 3.59. The minimum absolute atomic E-state index is 0.158. The molecule has 3 aliphatic rings. The van der Waals surface area contributed by atoms with Crippen LogP contribution in [0.1, 0.15) is 52.9 Å². The van der Waals surface area contributed by atoms with Gasteiger partial charge in [0.1, 0.15) is 6.29 Å². The predicted molar refractivity (Wildman–Crippen MR) is 97.2 cm³/mol. The van der Waals surface area contributed by atoms with Gasteiger partial charge in [0.25, 0.3) is 0 Å². The summed E-state index contributed by atoms with van der Waals surface area (Å²) in [5.74, 6) is -0.0779. The fraction of sp³-hybridized carbons (Fsp3) is 0.714. The molecule has 0 aromatic rings. The van der Waals surface area contributed by atoms with Gasteiger partial charge in [0.05, 0.1) is 24.7 Å². The van der Waals surface area contributed by atoms with Gasteiger partial charge in [0.15, 0.2) is 0 Å². The van der Waals surface area contributed by atoms with Crippen LogP contribution < -0.4 is 0 Å². The van der Waals surface area contributed by atoms with Crippen LogP contribution in [0.25, 0.3) is 0 Å². The first-order valence-corrected chi connectivity index (χ1v) is 9.56. The van der Waals surface area contributed by atoms with Gasteiger partial charge >= 0.3 is 5.97 Å². The molecule has 0 unspecified atom stereocenters. The monoisotopic (exact) mass is 362 g/mol. The van der Waals surface area contributed by atoms with E-state index < -0.39 is 23.0 Å². The average molecular weight is 362 g/mol. The van der Waals surface area contributed by atoms with Crippen LogP contribution in [-0.4, -0.2) is 41.8 Å². The maximum Gasteiger partial charge on any atom is 0.315 e. The molecule has 0 heterocycles. The summed E-state index contributed by atoms with van der Waals surface area (Å²) in [6, 6.07) is 0. The Morgan fingerprint density at radius 3 is 2.58 bits per heavy atom. The van der Waals surface area contributed by atoms with E-state index in [0.29, 0.717) is 25.5 Å². The lowest BCUT2D eigenvalue weighted by atomic mass is 9.53. The molecule has 5 nitrogen and oxygen atoms in total. The molecule has 144 valence electrons. The molecular formula is C21H30O5. The third-order valence-electron chi connectivity index (χ3n) is 7.20. The molecule has 0 aliphatic heterocycles. The average Bonchev–Trinajstić information content (AvgIpc) is 2.98. The van der Waals surface area contributed by atoms with E-state index in [1.807, 2.05) is 6.92 Å². The van der Waals surface area contributed by atoms with Crippen molar-refractivity contribution < 1.29 is 24.5 Å². The van der Waals surface area contributed by atoms with Crippen molar-refractivity contribution in [1.29, 1.82) is 0 Å². The van der Waals surface area contributed by atoms with Crippen molar-refractivity contribution in [1.82, 2.24) is 0 Å². The second-order valence-corrected chi connectivity index (χ2v) is 8.71. The molecule has 3 rings (SSSR count). The van der Waals surface area contributed by atoms with E-state index in [-0.39, 0.29) is 23.4 Å². The topological polar surface area (TPSA) is 83.8 Å². The molecule has 3 aliphatic carbocycles. The summed E-state index contributed by atoms with van der Waals surface area (Å²) >= 11 is 0. The summed E-state index contributed by atoms with van der Waals surface area (Å²) in [5.41, 5.74) is 1.39. The summed E-state index contributed by atoms with van der Waals surface area (Å²) in [6.45, 7) is 6.27. The standard InChI is InChI=1S/C21H30O5/c1-12(2)14-5-6-21(19(25)26-4)8-7-20(3)15(18(14)21)10-16(23)13(11-22)9-17(20)24/h9,11-12,15-17,23-24H,5-8,10H2,1-4H3/t15-,16-,17+,20-,21+/m1/s1. The first kappa shape index (κ1) is 19.3. The number of hydrogen-bond donors (Lipinski definition) is 2. The molecule has 0 radical (unpaired) electrons. The summed E-state index contributed by atoms with van der Waals surface area (Å²) in [4.78, 5) is 24.2. The Kier molecular flexibility index (Phi) is 4.91. The number of rotatable bonds is 3. The number of allylic oxidation sites excluding steroid dienone is 1. The highest BCUT2D eigenvalue weighted by Gasteiger charge is 2.60. The SMILES string of the molecule is COC(=O)[C@]12CCC(C(C)C)=C1[C@H]1C[C@@H](O)C(C=O)=C[C@H](O)[C@]1(C)CC2. The molecule has 0 aromatic heterocycles. The highest BCUT2D eigenvalue weighted by Crippen LogP contribution is 2.63. The molecule has 0 aromatic carbocycles. The van der Waals surface area contributed by atoms with Gasteiger partial charge < -0.3 is 14.9 Å². The Hall–Kier alpha value is -1.46. The van der Waals surface area contributed by atoms with Crippen LogP contribution in [-0.2, 0) is 14.3 Å². The number of hydrogen-bond acceptors (Lipinski definition) is 5. The number of aliphatic hydroxyl groups is 2. The number of carbonyl (C=O) groups excluding carboxylic acids is 2. The van der Waals surface area contributed by atoms with E-state index >= 15 is 0 Å². The maximum atomic E-state index is 12.8. The van der Waals surface area contributed by atoms with Crippen LogP contribution in [0.5, 0.6) is 0 Å². The van der Waals surface area contributed by atoms with Crippen molar-refractivity contribution in [3.05, 3.63) is 22.8 Å². The van der Waals surface area contributed by atoms with Crippen molar-refractivity contribution in [3.8, 4) is 0 Å². The molecular weight excluding hydrogens is 332 g/mol. The van der Waals surface area contributed by atoms with Crippen molar-refractivity contribution in [2.75, 3.05) is 7.11 Å². The zero-order valence-electron chi connectivity index (χ0n) is 16.1. The number of carbonyl (C=O) groups is 2. The molecule has 26 heavy (non-hydrogen) atoms. The first-order chi connectivity index (χ1) is 12.2. The highest BCUT2D eigenvalue weighted by molar-refractivity contribution is 5.83. The minimum atomic E-state index is -0.927. The summed E-state index contributed by atoms with van der Waals surface area (Å²) < 4.78 is 5.20. The third kappa shape index (κ3) is 2.59. The molecule has 2 N–H and O–H groups in total. The van der Waals surface area contributed by atoms with Crippen LogP contribution >= 0.6 is 0 Å². The molecule has 5 heteroatoms. The molecule has 1 fully saturated rings. The number of ether oxygens (including phenoxy) is 1. The van der Waals surface area contributed by atoms with Gasteiger partial charge in [-0.05, 0) is 55.6 Å². The number of esters is 1. The fourth-order valence-corrected chi connectivity index (χ4v) is 5.54.